The number of hydrogen-bond acceptors (Lipinski definition) is 2. The number of carboxylic acid groups (broad SMARTS) is 1. The summed E-state index contributed by atoms with van der Waals surface area (Å²) < 4.78 is 0. The number of rotatable bonds is 8. The highest BCUT2D eigenvalue weighted by molar-refractivity contribution is 6.76. The molecule has 0 aliphatic heterocycles. The number of likely N-dealkylation sites (N-methyl/N-ethyl adjacent to an activating group) is 1. The van der Waals surface area contributed by atoms with E-state index in [9.17, 15) is 9.90 Å². The highest BCUT2D eigenvalue weighted by Gasteiger charge is 2.31. The SMILES string of the molecule is CCN(C[C@@H](N)C(CC[Si](C)(C)C)C1CCCCC1)C(=O)O. The van der Waals surface area contributed by atoms with Crippen LogP contribution in [0.4, 0.5) is 4.79 Å². The fourth-order valence-corrected chi connectivity index (χ4v) is 4.89. The van der Waals surface area contributed by atoms with Crippen LogP contribution in [-0.2, 0) is 0 Å². The molecule has 0 aromatic carbocycles. The Balaban J connectivity index is 2.71. The summed E-state index contributed by atoms with van der Waals surface area (Å²) in [5.41, 5.74) is 6.50. The van der Waals surface area contributed by atoms with Crippen LogP contribution in [0, 0.1) is 11.8 Å². The van der Waals surface area contributed by atoms with Crippen molar-refractivity contribution < 1.29 is 9.90 Å². The monoisotopic (exact) mass is 328 g/mol. The lowest BCUT2D eigenvalue weighted by molar-refractivity contribution is 0.129. The van der Waals surface area contributed by atoms with Gasteiger partial charge in [0.1, 0.15) is 0 Å². The molecule has 0 spiro atoms. The Kier molecular flexibility index (Phi) is 7.90. The van der Waals surface area contributed by atoms with Gasteiger partial charge in [-0.15, -0.1) is 0 Å². The molecule has 22 heavy (non-hydrogen) atoms. The molecule has 1 unspecified atom stereocenters. The average Bonchev–Trinajstić information content (AvgIpc) is 2.44. The van der Waals surface area contributed by atoms with Gasteiger partial charge in [-0.1, -0.05) is 64.2 Å². The first-order chi connectivity index (χ1) is 10.2. The van der Waals surface area contributed by atoms with Gasteiger partial charge < -0.3 is 15.7 Å². The van der Waals surface area contributed by atoms with Crippen molar-refractivity contribution in [2.24, 2.45) is 17.6 Å². The molecule has 1 rings (SSSR count). The van der Waals surface area contributed by atoms with Gasteiger partial charge in [-0.3, -0.25) is 0 Å². The summed E-state index contributed by atoms with van der Waals surface area (Å²) in [6.07, 6.45) is 6.88. The van der Waals surface area contributed by atoms with Crippen LogP contribution in [-0.4, -0.2) is 43.3 Å². The first kappa shape index (κ1) is 19.5. The molecule has 5 heteroatoms. The van der Waals surface area contributed by atoms with E-state index in [0.29, 0.717) is 24.9 Å². The molecule has 130 valence electrons. The molecular formula is C17H36N2O2Si. The maximum absolute atomic E-state index is 11.3. The average molecular weight is 329 g/mol. The first-order valence-electron chi connectivity index (χ1n) is 8.98. The third kappa shape index (κ3) is 6.69. The highest BCUT2D eigenvalue weighted by atomic mass is 28.3. The van der Waals surface area contributed by atoms with Gasteiger partial charge in [0.2, 0.25) is 0 Å². The molecule has 1 amide bonds. The largest absolute Gasteiger partial charge is 0.465 e. The lowest BCUT2D eigenvalue weighted by atomic mass is 9.75. The number of amides is 1. The van der Waals surface area contributed by atoms with Gasteiger partial charge in [-0.05, 0) is 18.8 Å². The van der Waals surface area contributed by atoms with Crippen molar-refractivity contribution in [1.82, 2.24) is 4.90 Å². The molecule has 4 nitrogen and oxygen atoms in total. The van der Waals surface area contributed by atoms with Crippen molar-refractivity contribution in [3.05, 3.63) is 0 Å². The lowest BCUT2D eigenvalue weighted by Crippen LogP contribution is -2.47. The van der Waals surface area contributed by atoms with Crippen molar-refractivity contribution >= 4 is 14.2 Å². The Labute approximate surface area is 137 Å². The molecule has 0 bridgehead atoms. The Bertz CT molecular complexity index is 338. The topological polar surface area (TPSA) is 66.6 Å². The summed E-state index contributed by atoms with van der Waals surface area (Å²) in [6.45, 7) is 10.1. The van der Waals surface area contributed by atoms with E-state index in [4.69, 9.17) is 5.73 Å². The summed E-state index contributed by atoms with van der Waals surface area (Å²) in [6, 6.07) is 1.27. The Morgan fingerprint density at radius 2 is 1.86 bits per heavy atom. The second-order valence-corrected chi connectivity index (χ2v) is 13.8. The van der Waals surface area contributed by atoms with Gasteiger partial charge in [0, 0.05) is 27.2 Å². The summed E-state index contributed by atoms with van der Waals surface area (Å²) in [7, 11) is -1.08. The molecule has 1 saturated carbocycles. The molecule has 0 heterocycles. The predicted molar refractivity (Wildman–Crippen MR) is 96.1 cm³/mol. The number of nitrogens with two attached hydrogens (primary N) is 1. The van der Waals surface area contributed by atoms with Gasteiger partial charge in [0.15, 0.2) is 0 Å². The maximum atomic E-state index is 11.3. The lowest BCUT2D eigenvalue weighted by Gasteiger charge is -2.37. The fourth-order valence-electron chi connectivity index (χ4n) is 3.69. The molecule has 1 aliphatic carbocycles. The summed E-state index contributed by atoms with van der Waals surface area (Å²) in [5.74, 6) is 1.19. The van der Waals surface area contributed by atoms with E-state index in [2.05, 4.69) is 19.6 Å². The molecule has 0 saturated heterocycles. The molecule has 1 aliphatic rings. The Morgan fingerprint density at radius 1 is 1.27 bits per heavy atom. The van der Waals surface area contributed by atoms with E-state index in [1.165, 1.54) is 49.5 Å². The Morgan fingerprint density at radius 3 is 2.32 bits per heavy atom. The van der Waals surface area contributed by atoms with E-state index >= 15 is 0 Å². The smallest absolute Gasteiger partial charge is 0.407 e. The molecule has 1 fully saturated rings. The van der Waals surface area contributed by atoms with Crippen LogP contribution in [0.3, 0.4) is 0 Å². The fraction of sp³-hybridized carbons (Fsp3) is 0.941. The van der Waals surface area contributed by atoms with Crippen LogP contribution >= 0.6 is 0 Å². The summed E-state index contributed by atoms with van der Waals surface area (Å²) in [5, 5.41) is 9.25. The van der Waals surface area contributed by atoms with Crippen LogP contribution in [0.25, 0.3) is 0 Å². The van der Waals surface area contributed by atoms with E-state index in [-0.39, 0.29) is 6.04 Å². The van der Waals surface area contributed by atoms with E-state index in [0.717, 1.165) is 0 Å². The van der Waals surface area contributed by atoms with Gasteiger partial charge in [0.05, 0.1) is 0 Å². The van der Waals surface area contributed by atoms with E-state index in [1.54, 1.807) is 0 Å². The van der Waals surface area contributed by atoms with Crippen LogP contribution in [0.15, 0.2) is 0 Å². The maximum Gasteiger partial charge on any atom is 0.407 e. The quantitative estimate of drug-likeness (QED) is 0.655. The molecule has 0 aromatic heterocycles. The van der Waals surface area contributed by atoms with Crippen molar-refractivity contribution in [3.63, 3.8) is 0 Å². The molecule has 2 atom stereocenters. The predicted octanol–water partition coefficient (Wildman–Crippen LogP) is 4.24. The molecule has 0 radical (unpaired) electrons. The zero-order valence-electron chi connectivity index (χ0n) is 15.0. The molecular weight excluding hydrogens is 292 g/mol. The van der Waals surface area contributed by atoms with Crippen LogP contribution < -0.4 is 5.73 Å². The third-order valence-corrected chi connectivity index (χ3v) is 6.91. The van der Waals surface area contributed by atoms with Crippen molar-refractivity contribution in [3.8, 4) is 0 Å². The number of nitrogens with zero attached hydrogens (tertiary/aromatic N) is 1. The van der Waals surface area contributed by atoms with Crippen LogP contribution in [0.1, 0.15) is 45.4 Å². The highest BCUT2D eigenvalue weighted by Crippen LogP contribution is 2.35. The summed E-state index contributed by atoms with van der Waals surface area (Å²) in [4.78, 5) is 12.7. The van der Waals surface area contributed by atoms with Crippen LogP contribution in [0.5, 0.6) is 0 Å². The minimum atomic E-state index is -1.08. The third-order valence-electron chi connectivity index (χ3n) is 5.12. The Hall–Kier alpha value is -0.553. The van der Waals surface area contributed by atoms with Gasteiger partial charge >= 0.3 is 6.09 Å². The second-order valence-electron chi connectivity index (χ2n) is 8.15. The van der Waals surface area contributed by atoms with E-state index < -0.39 is 14.2 Å². The second kappa shape index (κ2) is 8.92. The first-order valence-corrected chi connectivity index (χ1v) is 12.7. The van der Waals surface area contributed by atoms with E-state index in [1.807, 2.05) is 6.92 Å². The standard InChI is InChI=1S/C17H36N2O2Si/c1-5-19(17(20)21)13-16(18)15(11-12-22(2,3)4)14-9-7-6-8-10-14/h14-16H,5-13,18H2,1-4H3,(H,20,21)/t15?,16-/m1/s1. The van der Waals surface area contributed by atoms with Gasteiger partial charge in [-0.2, -0.15) is 0 Å². The molecule has 3 N–H and O–H groups in total. The van der Waals surface area contributed by atoms with Crippen molar-refractivity contribution in [1.29, 1.82) is 0 Å². The number of carbonyl (C=O) groups is 1. The van der Waals surface area contributed by atoms with Crippen LogP contribution in [0.2, 0.25) is 25.7 Å². The minimum Gasteiger partial charge on any atom is -0.465 e. The van der Waals surface area contributed by atoms with Gasteiger partial charge in [-0.25, -0.2) is 4.79 Å². The summed E-state index contributed by atoms with van der Waals surface area (Å²) >= 11 is 0. The zero-order valence-corrected chi connectivity index (χ0v) is 16.0. The number of hydrogen-bond donors (Lipinski definition) is 2. The van der Waals surface area contributed by atoms with Gasteiger partial charge in [0.25, 0.3) is 0 Å². The van der Waals surface area contributed by atoms with Crippen molar-refractivity contribution in [2.75, 3.05) is 13.1 Å². The normalized spacial score (nSPS) is 19.7. The van der Waals surface area contributed by atoms with Crippen molar-refractivity contribution in [2.45, 2.75) is 77.2 Å². The minimum absolute atomic E-state index is 0.0181. The zero-order chi connectivity index (χ0) is 16.8. The molecule has 0 aromatic rings.